The average Bonchev–Trinajstić information content (AvgIpc) is 2.99. The van der Waals surface area contributed by atoms with Gasteiger partial charge in [0.15, 0.2) is 12.1 Å². The molecular weight excluding hydrogens is 424 g/mol. The molecule has 2 unspecified atom stereocenters. The van der Waals surface area contributed by atoms with Crippen LogP contribution in [0.25, 0.3) is 0 Å². The molecule has 0 saturated carbocycles. The van der Waals surface area contributed by atoms with Crippen molar-refractivity contribution >= 4 is 11.7 Å². The molecule has 33 heavy (non-hydrogen) atoms. The molecule has 0 aromatic heterocycles. The van der Waals surface area contributed by atoms with Crippen LogP contribution in [-0.4, -0.2) is 73.7 Å². The molecule has 2 atom stereocenters. The highest BCUT2D eigenvalue weighted by molar-refractivity contribution is 6.17. The van der Waals surface area contributed by atoms with Crippen molar-refractivity contribution in [1.82, 2.24) is 10.1 Å². The molecule has 8 nitrogen and oxygen atoms in total. The van der Waals surface area contributed by atoms with Gasteiger partial charge in [0.05, 0.1) is 20.3 Å². The summed E-state index contributed by atoms with van der Waals surface area (Å²) < 4.78 is 11.4. The SMILES string of the molecule is CON1CCC2(CC1)C(=O)C(c1c(C)cc(C)cc1C)C(=O)N2OCCOC1CCCCO1. The van der Waals surface area contributed by atoms with Gasteiger partial charge in [-0.2, -0.15) is 5.06 Å². The molecule has 1 amide bonds. The van der Waals surface area contributed by atoms with Crippen LogP contribution >= 0.6 is 0 Å². The van der Waals surface area contributed by atoms with E-state index in [0.717, 1.165) is 41.5 Å². The number of carbonyl (C=O) groups excluding carboxylic acids is 2. The first-order valence-electron chi connectivity index (χ1n) is 12.0. The molecule has 8 heteroatoms. The van der Waals surface area contributed by atoms with Crippen molar-refractivity contribution in [3.05, 3.63) is 34.4 Å². The van der Waals surface area contributed by atoms with E-state index in [1.165, 1.54) is 5.06 Å². The van der Waals surface area contributed by atoms with E-state index < -0.39 is 11.5 Å². The summed E-state index contributed by atoms with van der Waals surface area (Å²) >= 11 is 0. The van der Waals surface area contributed by atoms with Crippen LogP contribution in [0.2, 0.25) is 0 Å². The minimum Gasteiger partial charge on any atom is -0.353 e. The number of Topliss-reactive ketones (excluding diaryl/α,β-unsaturated/α-hetero) is 1. The summed E-state index contributed by atoms with van der Waals surface area (Å²) in [6, 6.07) is 4.06. The van der Waals surface area contributed by atoms with Gasteiger partial charge >= 0.3 is 0 Å². The predicted octanol–water partition coefficient (Wildman–Crippen LogP) is 2.98. The number of aryl methyl sites for hydroxylation is 3. The molecule has 1 aromatic carbocycles. The van der Waals surface area contributed by atoms with Crippen LogP contribution in [0.5, 0.6) is 0 Å². The number of rotatable bonds is 7. The van der Waals surface area contributed by atoms with Gasteiger partial charge in [0.2, 0.25) is 0 Å². The number of carbonyl (C=O) groups is 2. The first kappa shape index (κ1) is 24.3. The molecule has 3 heterocycles. The first-order chi connectivity index (χ1) is 15.9. The molecule has 182 valence electrons. The number of amides is 1. The fourth-order valence-electron chi connectivity index (χ4n) is 5.54. The lowest BCUT2D eigenvalue weighted by molar-refractivity contribution is -0.241. The number of hydrogen-bond donors (Lipinski definition) is 0. The number of ketones is 1. The van der Waals surface area contributed by atoms with Crippen molar-refractivity contribution < 1.29 is 28.7 Å². The van der Waals surface area contributed by atoms with Crippen LogP contribution in [-0.2, 0) is 28.7 Å². The average molecular weight is 461 g/mol. The summed E-state index contributed by atoms with van der Waals surface area (Å²) in [6.07, 6.45) is 3.73. The van der Waals surface area contributed by atoms with Crippen molar-refractivity contribution in [3.8, 4) is 0 Å². The van der Waals surface area contributed by atoms with Gasteiger partial charge in [-0.05, 0) is 69.6 Å². The Morgan fingerprint density at radius 2 is 1.76 bits per heavy atom. The zero-order valence-electron chi connectivity index (χ0n) is 20.2. The number of hydrogen-bond acceptors (Lipinski definition) is 7. The Hall–Kier alpha value is -1.84. The number of benzene rings is 1. The fraction of sp³-hybridized carbons (Fsp3) is 0.680. The lowest BCUT2D eigenvalue weighted by Crippen LogP contribution is -2.56. The Balaban J connectivity index is 1.55. The molecule has 3 fully saturated rings. The molecule has 1 spiro atoms. The Morgan fingerprint density at radius 3 is 2.36 bits per heavy atom. The molecule has 0 N–H and O–H groups in total. The van der Waals surface area contributed by atoms with E-state index in [2.05, 4.69) is 0 Å². The van der Waals surface area contributed by atoms with E-state index in [1.54, 1.807) is 7.11 Å². The highest BCUT2D eigenvalue weighted by Gasteiger charge is 2.61. The standard InChI is InChI=1S/C25H36N2O6/c1-17-15-18(2)21(19(3)16-17)22-23(28)25(8-10-26(30-4)11-9-25)27(24(22)29)33-14-13-32-20-7-5-6-12-31-20/h15-16,20,22H,5-14H2,1-4H3. The zero-order valence-corrected chi connectivity index (χ0v) is 20.2. The first-order valence-corrected chi connectivity index (χ1v) is 12.0. The van der Waals surface area contributed by atoms with Gasteiger partial charge in [-0.15, -0.1) is 0 Å². The molecule has 4 rings (SSSR count). The van der Waals surface area contributed by atoms with Crippen molar-refractivity contribution in [2.24, 2.45) is 0 Å². The van der Waals surface area contributed by atoms with E-state index >= 15 is 0 Å². The van der Waals surface area contributed by atoms with E-state index in [-0.39, 0.29) is 24.6 Å². The van der Waals surface area contributed by atoms with Crippen molar-refractivity contribution in [2.75, 3.05) is 40.0 Å². The van der Waals surface area contributed by atoms with E-state index in [0.29, 0.717) is 39.1 Å². The maximum absolute atomic E-state index is 13.9. The summed E-state index contributed by atoms with van der Waals surface area (Å²) in [6.45, 7) is 8.27. The molecule has 1 aromatic rings. The topological polar surface area (TPSA) is 77.5 Å². The Kier molecular flexibility index (Phi) is 7.50. The highest BCUT2D eigenvalue weighted by atomic mass is 16.7. The van der Waals surface area contributed by atoms with Crippen LogP contribution < -0.4 is 0 Å². The third-order valence-electron chi connectivity index (χ3n) is 7.14. The van der Waals surface area contributed by atoms with E-state index in [9.17, 15) is 9.59 Å². The molecule has 3 aliphatic rings. The molecule has 0 radical (unpaired) electrons. The van der Waals surface area contributed by atoms with Crippen LogP contribution in [0.3, 0.4) is 0 Å². The fourth-order valence-corrected chi connectivity index (χ4v) is 5.54. The second kappa shape index (κ2) is 10.2. The second-order valence-corrected chi connectivity index (χ2v) is 9.39. The maximum atomic E-state index is 13.9. The smallest absolute Gasteiger partial charge is 0.262 e. The van der Waals surface area contributed by atoms with E-state index in [4.69, 9.17) is 19.1 Å². The van der Waals surface area contributed by atoms with Crippen molar-refractivity contribution in [3.63, 3.8) is 0 Å². The zero-order chi connectivity index (χ0) is 23.6. The van der Waals surface area contributed by atoms with Gasteiger partial charge < -0.3 is 14.3 Å². The van der Waals surface area contributed by atoms with E-state index in [1.807, 2.05) is 38.0 Å². The molecule has 3 aliphatic heterocycles. The minimum atomic E-state index is -0.984. The largest absolute Gasteiger partial charge is 0.353 e. The summed E-state index contributed by atoms with van der Waals surface area (Å²) in [5.74, 6) is -1.20. The molecule has 3 saturated heterocycles. The summed E-state index contributed by atoms with van der Waals surface area (Å²) in [5.41, 5.74) is 2.86. The van der Waals surface area contributed by atoms with Gasteiger partial charge in [-0.3, -0.25) is 14.4 Å². The van der Waals surface area contributed by atoms with Gasteiger partial charge in [0.1, 0.15) is 11.5 Å². The highest BCUT2D eigenvalue weighted by Crippen LogP contribution is 2.44. The monoisotopic (exact) mass is 460 g/mol. The Bertz CT molecular complexity index is 851. The third-order valence-corrected chi connectivity index (χ3v) is 7.14. The maximum Gasteiger partial charge on any atom is 0.262 e. The van der Waals surface area contributed by atoms with Crippen LogP contribution in [0, 0.1) is 20.8 Å². The van der Waals surface area contributed by atoms with Gasteiger partial charge in [0, 0.05) is 19.7 Å². The van der Waals surface area contributed by atoms with Crippen LogP contribution in [0.1, 0.15) is 60.3 Å². The number of ether oxygens (including phenoxy) is 2. The molecular formula is C25H36N2O6. The molecule has 0 bridgehead atoms. The van der Waals surface area contributed by atoms with Gasteiger partial charge in [-0.25, -0.2) is 5.06 Å². The number of piperidine rings is 1. The predicted molar refractivity (Wildman–Crippen MR) is 121 cm³/mol. The van der Waals surface area contributed by atoms with Gasteiger partial charge in [-0.1, -0.05) is 17.7 Å². The lowest BCUT2D eigenvalue weighted by atomic mass is 9.79. The minimum absolute atomic E-state index is 0.0742. The van der Waals surface area contributed by atoms with Crippen molar-refractivity contribution in [2.45, 2.75) is 70.6 Å². The summed E-state index contributed by atoms with van der Waals surface area (Å²) in [4.78, 5) is 39.0. The number of hydroxylamine groups is 4. The summed E-state index contributed by atoms with van der Waals surface area (Å²) in [5, 5.41) is 3.19. The second-order valence-electron chi connectivity index (χ2n) is 9.39. The van der Waals surface area contributed by atoms with Crippen molar-refractivity contribution in [1.29, 1.82) is 0 Å². The lowest BCUT2D eigenvalue weighted by Gasteiger charge is -2.41. The normalized spacial score (nSPS) is 25.9. The summed E-state index contributed by atoms with van der Waals surface area (Å²) in [7, 11) is 1.63. The Morgan fingerprint density at radius 1 is 1.06 bits per heavy atom. The molecule has 0 aliphatic carbocycles. The van der Waals surface area contributed by atoms with Gasteiger partial charge in [0.25, 0.3) is 5.91 Å². The quantitative estimate of drug-likeness (QED) is 0.457. The Labute approximate surface area is 196 Å². The number of nitrogens with zero attached hydrogens (tertiary/aromatic N) is 2. The third kappa shape index (κ3) is 4.72. The van der Waals surface area contributed by atoms with Crippen LogP contribution in [0.4, 0.5) is 0 Å². The van der Waals surface area contributed by atoms with Crippen LogP contribution in [0.15, 0.2) is 12.1 Å².